The molecule has 1 aromatic rings. The smallest absolute Gasteiger partial charge is 0.414 e. The molecule has 0 spiro atoms. The fraction of sp³-hybridized carbons (Fsp3) is 0.550. The normalized spacial score (nSPS) is 18.8. The minimum atomic E-state index is -0.627. The third-order valence-electron chi connectivity index (χ3n) is 4.95. The summed E-state index contributed by atoms with van der Waals surface area (Å²) in [4.78, 5) is 38.2. The first-order valence-electron chi connectivity index (χ1n) is 9.98. The van der Waals surface area contributed by atoms with E-state index in [1.807, 2.05) is 0 Å². The first-order valence-corrected chi connectivity index (χ1v) is 9.98. The highest BCUT2D eigenvalue weighted by Gasteiger charge is 2.33. The molecular weight excluding hydrogens is 381 g/mol. The predicted octanol–water partition coefficient (Wildman–Crippen LogP) is 3.19. The Morgan fingerprint density at radius 2 is 2.03 bits per heavy atom. The molecule has 8 nitrogen and oxygen atoms in total. The first kappa shape index (κ1) is 20.9. The lowest BCUT2D eigenvalue weighted by Crippen LogP contribution is -2.34. The van der Waals surface area contributed by atoms with Crippen LogP contribution in [-0.2, 0) is 14.3 Å². The van der Waals surface area contributed by atoms with Crippen molar-refractivity contribution in [2.24, 2.45) is 0 Å². The number of benzene rings is 1. The van der Waals surface area contributed by atoms with Gasteiger partial charge in [0.2, 0.25) is 5.91 Å². The summed E-state index contributed by atoms with van der Waals surface area (Å²) in [6, 6.07) is 4.19. The fourth-order valence-electron chi connectivity index (χ4n) is 3.36. The maximum atomic E-state index is 14.5. The number of hydrogen-bond acceptors (Lipinski definition) is 5. The third kappa shape index (κ3) is 5.16. The van der Waals surface area contributed by atoms with Gasteiger partial charge in [0.15, 0.2) is 0 Å². The number of nitrogens with one attached hydrogen (secondary N) is 1. The van der Waals surface area contributed by atoms with Crippen LogP contribution in [0.5, 0.6) is 0 Å². The summed E-state index contributed by atoms with van der Waals surface area (Å²) in [5, 5.41) is 2.78. The Balaban J connectivity index is 1.53. The first-order chi connectivity index (χ1) is 14.0. The Morgan fingerprint density at radius 1 is 1.21 bits per heavy atom. The van der Waals surface area contributed by atoms with Crippen LogP contribution in [0.1, 0.15) is 39.0 Å². The molecule has 0 aromatic heterocycles. The molecule has 0 unspecified atom stereocenters. The van der Waals surface area contributed by atoms with Crippen LogP contribution >= 0.6 is 0 Å². The zero-order chi connectivity index (χ0) is 20.8. The van der Waals surface area contributed by atoms with E-state index in [-0.39, 0.29) is 37.8 Å². The second-order valence-corrected chi connectivity index (χ2v) is 7.13. The van der Waals surface area contributed by atoms with Gasteiger partial charge in [0.05, 0.1) is 31.0 Å². The number of nitrogens with zero attached hydrogens (tertiary/aromatic N) is 2. The predicted molar refractivity (Wildman–Crippen MR) is 104 cm³/mol. The van der Waals surface area contributed by atoms with Gasteiger partial charge in [-0.05, 0) is 24.6 Å². The molecule has 1 aromatic carbocycles. The molecule has 0 bridgehead atoms. The van der Waals surface area contributed by atoms with E-state index in [1.54, 1.807) is 6.07 Å². The van der Waals surface area contributed by atoms with Crippen molar-refractivity contribution in [2.75, 3.05) is 36.0 Å². The lowest BCUT2D eigenvalue weighted by Gasteiger charge is -2.17. The number of cyclic esters (lactones) is 2. The Morgan fingerprint density at radius 3 is 2.72 bits per heavy atom. The van der Waals surface area contributed by atoms with E-state index < -0.39 is 24.1 Å². The number of hydrogen-bond donors (Lipinski definition) is 1. The minimum absolute atomic E-state index is 0.0662. The quantitative estimate of drug-likeness (QED) is 0.635. The topological polar surface area (TPSA) is 88.2 Å². The Bertz CT molecular complexity index is 772. The summed E-state index contributed by atoms with van der Waals surface area (Å²) < 4.78 is 24.6. The van der Waals surface area contributed by atoms with Crippen LogP contribution in [0.3, 0.4) is 0 Å². The summed E-state index contributed by atoms with van der Waals surface area (Å²) in [5.41, 5.74) is 0.438. The van der Waals surface area contributed by atoms with Gasteiger partial charge in [0.25, 0.3) is 0 Å². The van der Waals surface area contributed by atoms with Gasteiger partial charge in [-0.15, -0.1) is 0 Å². The van der Waals surface area contributed by atoms with E-state index in [1.165, 1.54) is 21.9 Å². The van der Waals surface area contributed by atoms with Gasteiger partial charge in [-0.2, -0.15) is 0 Å². The number of ether oxygens (including phenoxy) is 2. The van der Waals surface area contributed by atoms with Crippen molar-refractivity contribution >= 4 is 29.5 Å². The molecule has 2 heterocycles. The highest BCUT2D eigenvalue weighted by Crippen LogP contribution is 2.29. The monoisotopic (exact) mass is 407 g/mol. The van der Waals surface area contributed by atoms with E-state index >= 15 is 0 Å². The van der Waals surface area contributed by atoms with Gasteiger partial charge in [-0.1, -0.05) is 26.2 Å². The number of unbranched alkanes of at least 4 members (excludes halogenated alkanes) is 3. The van der Waals surface area contributed by atoms with Gasteiger partial charge in [-0.25, -0.2) is 14.0 Å². The maximum absolute atomic E-state index is 14.5. The molecule has 158 valence electrons. The second-order valence-electron chi connectivity index (χ2n) is 7.13. The van der Waals surface area contributed by atoms with Crippen LogP contribution in [0.2, 0.25) is 0 Å². The molecule has 29 heavy (non-hydrogen) atoms. The van der Waals surface area contributed by atoms with Crippen molar-refractivity contribution in [3.05, 3.63) is 24.0 Å². The van der Waals surface area contributed by atoms with Crippen LogP contribution < -0.4 is 15.1 Å². The maximum Gasteiger partial charge on any atom is 0.414 e. The molecule has 2 aliphatic heterocycles. The van der Waals surface area contributed by atoms with Gasteiger partial charge < -0.3 is 14.8 Å². The zero-order valence-electron chi connectivity index (χ0n) is 16.5. The summed E-state index contributed by atoms with van der Waals surface area (Å²) in [6.45, 7) is 3.03. The van der Waals surface area contributed by atoms with E-state index in [0.29, 0.717) is 12.1 Å². The third-order valence-corrected chi connectivity index (χ3v) is 4.95. The van der Waals surface area contributed by atoms with Gasteiger partial charge in [0.1, 0.15) is 18.5 Å². The highest BCUT2D eigenvalue weighted by molar-refractivity contribution is 5.92. The van der Waals surface area contributed by atoms with Crippen molar-refractivity contribution in [1.29, 1.82) is 0 Å². The average molecular weight is 407 g/mol. The lowest BCUT2D eigenvalue weighted by molar-refractivity contribution is -0.121. The summed E-state index contributed by atoms with van der Waals surface area (Å²) in [6.07, 6.45) is 2.84. The zero-order valence-corrected chi connectivity index (χ0v) is 16.5. The van der Waals surface area contributed by atoms with Gasteiger partial charge >= 0.3 is 12.2 Å². The van der Waals surface area contributed by atoms with Crippen LogP contribution in [0.25, 0.3) is 0 Å². The van der Waals surface area contributed by atoms with Crippen molar-refractivity contribution in [2.45, 2.75) is 45.1 Å². The van der Waals surface area contributed by atoms with Crippen molar-refractivity contribution in [1.82, 2.24) is 5.32 Å². The Kier molecular flexibility index (Phi) is 6.90. The van der Waals surface area contributed by atoms with Gasteiger partial charge in [-0.3, -0.25) is 14.6 Å². The SMILES string of the molecule is CCCCCCC(=O)NC[C@H]1CN(c2ccc(N3CCOC3=O)c(F)c2)C(=O)O1. The number of amides is 3. The lowest BCUT2D eigenvalue weighted by atomic mass is 10.1. The van der Waals surface area contributed by atoms with Crippen LogP contribution in [0.4, 0.5) is 25.4 Å². The van der Waals surface area contributed by atoms with E-state index in [9.17, 15) is 18.8 Å². The number of halogens is 1. The molecule has 2 fully saturated rings. The van der Waals surface area contributed by atoms with Crippen molar-refractivity contribution in [3.63, 3.8) is 0 Å². The van der Waals surface area contributed by atoms with E-state index in [2.05, 4.69) is 12.2 Å². The molecule has 3 rings (SSSR count). The molecular formula is C20H26FN3O5. The fourth-order valence-corrected chi connectivity index (χ4v) is 3.36. The van der Waals surface area contributed by atoms with Crippen molar-refractivity contribution < 1.29 is 28.2 Å². The van der Waals surface area contributed by atoms with Crippen LogP contribution in [0.15, 0.2) is 18.2 Å². The van der Waals surface area contributed by atoms with E-state index in [4.69, 9.17) is 9.47 Å². The van der Waals surface area contributed by atoms with Crippen LogP contribution in [-0.4, -0.2) is 50.4 Å². The van der Waals surface area contributed by atoms with Crippen molar-refractivity contribution in [3.8, 4) is 0 Å². The average Bonchev–Trinajstić information content (AvgIpc) is 3.29. The number of anilines is 2. The molecule has 0 aliphatic carbocycles. The summed E-state index contributed by atoms with van der Waals surface area (Å²) >= 11 is 0. The molecule has 0 radical (unpaired) electrons. The van der Waals surface area contributed by atoms with Gasteiger partial charge in [0, 0.05) is 6.42 Å². The molecule has 0 saturated carbocycles. The minimum Gasteiger partial charge on any atom is -0.447 e. The number of rotatable bonds is 9. The molecule has 9 heteroatoms. The molecule has 3 amide bonds. The number of carbonyl (C=O) groups is 3. The molecule has 1 atom stereocenters. The Labute approximate surface area is 168 Å². The standard InChI is InChI=1S/C20H26FN3O5/c1-2-3-4-5-6-18(25)22-12-15-13-24(20(27)29-15)14-7-8-17(16(21)11-14)23-9-10-28-19(23)26/h7-8,11,15H,2-6,9-10,12-13H2,1H3,(H,22,25)/t15-/m0/s1. The van der Waals surface area contributed by atoms with Crippen LogP contribution in [0, 0.1) is 5.82 Å². The molecule has 2 aliphatic rings. The van der Waals surface area contributed by atoms with E-state index in [0.717, 1.165) is 25.7 Å². The Hall–Kier alpha value is -2.84. The molecule has 1 N–H and O–H groups in total. The highest BCUT2D eigenvalue weighted by atomic mass is 19.1. The summed E-state index contributed by atoms with van der Waals surface area (Å²) in [5.74, 6) is -0.693. The number of carbonyl (C=O) groups excluding carboxylic acids is 3. The summed E-state index contributed by atoms with van der Waals surface area (Å²) in [7, 11) is 0. The largest absolute Gasteiger partial charge is 0.447 e. The second kappa shape index (κ2) is 9.58. The molecule has 2 saturated heterocycles.